The molecule has 0 fully saturated rings. The topological polar surface area (TPSA) is 26.0 Å². The molecule has 2 N–H and O–H groups in total. The highest BCUT2D eigenvalue weighted by Crippen LogP contribution is 2.26. The van der Waals surface area contributed by atoms with Crippen LogP contribution >= 0.6 is 15.9 Å². The summed E-state index contributed by atoms with van der Waals surface area (Å²) in [6.07, 6.45) is 3.37. The lowest BCUT2D eigenvalue weighted by Gasteiger charge is -2.28. The van der Waals surface area contributed by atoms with Crippen molar-refractivity contribution in [3.8, 4) is 0 Å². The Kier molecular flexibility index (Phi) is 2.53. The second-order valence-electron chi connectivity index (χ2n) is 3.22. The first-order chi connectivity index (χ1) is 4.61. The van der Waals surface area contributed by atoms with E-state index < -0.39 is 0 Å². The third-order valence-electron chi connectivity index (χ3n) is 2.11. The summed E-state index contributed by atoms with van der Waals surface area (Å²) in [6, 6.07) is 0.295. The average Bonchev–Trinajstić information content (AvgIpc) is 1.82. The molecule has 0 saturated heterocycles. The Morgan fingerprint density at radius 1 is 1.70 bits per heavy atom. The highest BCUT2D eigenvalue weighted by molar-refractivity contribution is 9.09. The van der Waals surface area contributed by atoms with E-state index in [1.807, 2.05) is 0 Å². The third-order valence-corrected chi connectivity index (χ3v) is 2.99. The molecule has 0 heterocycles. The van der Waals surface area contributed by atoms with E-state index in [-0.39, 0.29) is 0 Å². The number of alkyl halides is 1. The van der Waals surface area contributed by atoms with Crippen molar-refractivity contribution in [2.24, 2.45) is 11.7 Å². The van der Waals surface area contributed by atoms with Crippen LogP contribution in [-0.4, -0.2) is 10.9 Å². The maximum Gasteiger partial charge on any atom is 0.0482 e. The molecule has 2 heteroatoms. The van der Waals surface area contributed by atoms with Gasteiger partial charge in [0.2, 0.25) is 0 Å². The zero-order chi connectivity index (χ0) is 7.72. The Labute approximate surface area is 70.8 Å². The van der Waals surface area contributed by atoms with Crippen LogP contribution in [-0.2, 0) is 0 Å². The summed E-state index contributed by atoms with van der Waals surface area (Å²) >= 11 is 3.53. The second-order valence-corrected chi connectivity index (χ2v) is 4.27. The van der Waals surface area contributed by atoms with Crippen LogP contribution in [0, 0.1) is 5.92 Å². The zero-order valence-electron chi connectivity index (χ0n) is 6.47. The molecule has 0 bridgehead atoms. The van der Waals surface area contributed by atoms with Gasteiger partial charge in [-0.1, -0.05) is 34.5 Å². The minimum atomic E-state index is 0.295. The van der Waals surface area contributed by atoms with Gasteiger partial charge in [0.1, 0.15) is 0 Å². The molecule has 1 nitrogen and oxygen atoms in total. The largest absolute Gasteiger partial charge is 0.326 e. The van der Waals surface area contributed by atoms with E-state index in [2.05, 4.69) is 35.9 Å². The molecule has 1 rings (SSSR count). The number of allylic oxidation sites excluding steroid dienone is 1. The monoisotopic (exact) mass is 203 g/mol. The van der Waals surface area contributed by atoms with E-state index >= 15 is 0 Å². The highest BCUT2D eigenvalue weighted by atomic mass is 79.9. The maximum atomic E-state index is 5.89. The molecule has 1 aliphatic rings. The molecule has 0 spiro atoms. The number of hydrogen-bond donors (Lipinski definition) is 1. The quantitative estimate of drug-likeness (QED) is 0.474. The normalized spacial score (nSPS) is 41.2. The average molecular weight is 204 g/mol. The lowest BCUT2D eigenvalue weighted by atomic mass is 9.87. The Balaban J connectivity index is 2.69. The maximum absolute atomic E-state index is 5.89. The summed E-state index contributed by atoms with van der Waals surface area (Å²) in [5.41, 5.74) is 7.35. The van der Waals surface area contributed by atoms with Gasteiger partial charge in [-0.2, -0.15) is 0 Å². The molecular weight excluding hydrogens is 190 g/mol. The van der Waals surface area contributed by atoms with E-state index in [1.54, 1.807) is 0 Å². The van der Waals surface area contributed by atoms with E-state index in [4.69, 9.17) is 5.73 Å². The van der Waals surface area contributed by atoms with E-state index in [9.17, 15) is 0 Å². The molecule has 0 aliphatic heterocycles. The first-order valence-electron chi connectivity index (χ1n) is 3.68. The lowest BCUT2D eigenvalue weighted by Crippen LogP contribution is -2.38. The van der Waals surface area contributed by atoms with Crippen molar-refractivity contribution in [1.82, 2.24) is 0 Å². The molecular formula is C8H14BrN. The van der Waals surface area contributed by atoms with Crippen molar-refractivity contribution in [2.75, 3.05) is 0 Å². The molecule has 0 radical (unpaired) electrons. The Bertz CT molecular complexity index is 153. The number of hydrogen-bond acceptors (Lipinski definition) is 1. The summed E-state index contributed by atoms with van der Waals surface area (Å²) < 4.78 is 0. The first-order valence-corrected chi connectivity index (χ1v) is 4.60. The van der Waals surface area contributed by atoms with Crippen LogP contribution in [0.3, 0.4) is 0 Å². The molecule has 3 atom stereocenters. The standard InChI is InChI=1S/C8H14BrN/c1-5-3-6(2)8(10)7(9)4-5/h4,6-8H,3,10H2,1-2H3/t6-,7-,8-/m1/s1. The van der Waals surface area contributed by atoms with Crippen LogP contribution in [0.2, 0.25) is 0 Å². The van der Waals surface area contributed by atoms with E-state index in [0.717, 1.165) is 6.42 Å². The minimum absolute atomic E-state index is 0.295. The predicted molar refractivity (Wildman–Crippen MR) is 48.2 cm³/mol. The fraction of sp³-hybridized carbons (Fsp3) is 0.750. The van der Waals surface area contributed by atoms with Crippen LogP contribution in [0.4, 0.5) is 0 Å². The van der Waals surface area contributed by atoms with Gasteiger partial charge in [0.05, 0.1) is 0 Å². The number of nitrogens with two attached hydrogens (primary N) is 1. The van der Waals surface area contributed by atoms with Crippen LogP contribution in [0.15, 0.2) is 11.6 Å². The molecule has 0 aromatic heterocycles. The van der Waals surface area contributed by atoms with Crippen LogP contribution in [0.5, 0.6) is 0 Å². The van der Waals surface area contributed by atoms with Crippen molar-refractivity contribution >= 4 is 15.9 Å². The number of halogens is 1. The van der Waals surface area contributed by atoms with Gasteiger partial charge in [-0.3, -0.25) is 0 Å². The Morgan fingerprint density at radius 2 is 2.30 bits per heavy atom. The molecule has 0 unspecified atom stereocenters. The summed E-state index contributed by atoms with van der Waals surface area (Å²) in [6.45, 7) is 4.37. The molecule has 0 aromatic carbocycles. The van der Waals surface area contributed by atoms with Gasteiger partial charge in [-0.05, 0) is 19.3 Å². The smallest absolute Gasteiger partial charge is 0.0482 e. The van der Waals surface area contributed by atoms with Crippen LogP contribution < -0.4 is 5.73 Å². The van der Waals surface area contributed by atoms with Crippen LogP contribution in [0.1, 0.15) is 20.3 Å². The molecule has 0 saturated carbocycles. The van der Waals surface area contributed by atoms with Gasteiger partial charge < -0.3 is 5.73 Å². The fourth-order valence-electron chi connectivity index (χ4n) is 1.41. The molecule has 10 heavy (non-hydrogen) atoms. The summed E-state index contributed by atoms with van der Waals surface area (Å²) in [5, 5.41) is 0. The molecule has 0 amide bonds. The lowest BCUT2D eigenvalue weighted by molar-refractivity contribution is 0.444. The summed E-state index contributed by atoms with van der Waals surface area (Å²) in [4.78, 5) is 0.385. The second kappa shape index (κ2) is 3.05. The fourth-order valence-corrected chi connectivity index (χ4v) is 2.38. The van der Waals surface area contributed by atoms with Gasteiger partial charge in [-0.15, -0.1) is 0 Å². The van der Waals surface area contributed by atoms with Crippen molar-refractivity contribution in [1.29, 1.82) is 0 Å². The van der Waals surface area contributed by atoms with Gasteiger partial charge in [-0.25, -0.2) is 0 Å². The first kappa shape index (κ1) is 8.28. The zero-order valence-corrected chi connectivity index (χ0v) is 8.06. The Hall–Kier alpha value is 0.180. The van der Waals surface area contributed by atoms with Gasteiger partial charge >= 0.3 is 0 Å². The molecule has 0 aromatic rings. The predicted octanol–water partition coefficient (Wildman–Crippen LogP) is 2.06. The van der Waals surface area contributed by atoms with Crippen molar-refractivity contribution in [3.05, 3.63) is 11.6 Å². The van der Waals surface area contributed by atoms with Crippen molar-refractivity contribution in [3.63, 3.8) is 0 Å². The van der Waals surface area contributed by atoms with Gasteiger partial charge in [0.25, 0.3) is 0 Å². The number of rotatable bonds is 0. The van der Waals surface area contributed by atoms with E-state index in [1.165, 1.54) is 5.57 Å². The highest BCUT2D eigenvalue weighted by Gasteiger charge is 2.23. The van der Waals surface area contributed by atoms with Crippen molar-refractivity contribution in [2.45, 2.75) is 31.1 Å². The van der Waals surface area contributed by atoms with Gasteiger partial charge in [0, 0.05) is 10.9 Å². The summed E-state index contributed by atoms with van der Waals surface area (Å²) in [5.74, 6) is 0.620. The van der Waals surface area contributed by atoms with Crippen molar-refractivity contribution < 1.29 is 0 Å². The van der Waals surface area contributed by atoms with Crippen LogP contribution in [0.25, 0.3) is 0 Å². The Morgan fingerprint density at radius 3 is 2.80 bits per heavy atom. The third kappa shape index (κ3) is 1.61. The summed E-state index contributed by atoms with van der Waals surface area (Å²) in [7, 11) is 0. The SMILES string of the molecule is CC1=C[C@@H](Br)[C@H](N)[C@H](C)C1. The van der Waals surface area contributed by atoms with E-state index in [0.29, 0.717) is 16.8 Å². The molecule has 58 valence electrons. The molecule has 1 aliphatic carbocycles. The minimum Gasteiger partial charge on any atom is -0.326 e. The van der Waals surface area contributed by atoms with Gasteiger partial charge in [0.15, 0.2) is 0 Å².